The molecule has 1 amide bonds. The first-order valence-electron chi connectivity index (χ1n) is 9.04. The molecular weight excluding hydrogens is 328 g/mol. The minimum absolute atomic E-state index is 0.331. The second-order valence-electron chi connectivity index (χ2n) is 6.21. The van der Waals surface area contributed by atoms with Crippen LogP contribution in [0.15, 0.2) is 0 Å². The van der Waals surface area contributed by atoms with Crippen LogP contribution in [0.4, 0.5) is 0 Å². The summed E-state index contributed by atoms with van der Waals surface area (Å²) < 4.78 is 0. The predicted molar refractivity (Wildman–Crippen MR) is 102 cm³/mol. The van der Waals surface area contributed by atoms with Gasteiger partial charge in [0.15, 0.2) is 0 Å². The maximum atomic E-state index is 12.5. The summed E-state index contributed by atoms with van der Waals surface area (Å²) in [7, 11) is 4.05. The fourth-order valence-corrected chi connectivity index (χ4v) is 5.92. The van der Waals surface area contributed by atoms with E-state index < -0.39 is 0 Å². The second kappa shape index (κ2) is 12.4. The SMILES string of the molecule is O=C(CCCC[C@H]1CCSS1)N1CCNCCNCCNCC1. The average molecular weight is 361 g/mol. The van der Waals surface area contributed by atoms with Crippen LogP contribution in [0.5, 0.6) is 0 Å². The first-order valence-corrected chi connectivity index (χ1v) is 11.4. The summed E-state index contributed by atoms with van der Waals surface area (Å²) in [5.41, 5.74) is 0. The van der Waals surface area contributed by atoms with Crippen LogP contribution in [-0.2, 0) is 4.79 Å². The van der Waals surface area contributed by atoms with Crippen molar-refractivity contribution in [1.29, 1.82) is 0 Å². The summed E-state index contributed by atoms with van der Waals surface area (Å²) in [4.78, 5) is 14.5. The molecule has 0 bridgehead atoms. The van der Waals surface area contributed by atoms with Gasteiger partial charge in [0.2, 0.25) is 5.91 Å². The standard InChI is InChI=1S/C16H32N4OS2/c21-16(4-2-1-3-15-5-14-22-23-15)20-12-10-18-8-6-17-7-9-19-11-13-20/h15,17-19H,1-14H2/t15-/m0/s1. The van der Waals surface area contributed by atoms with Crippen LogP contribution in [0.25, 0.3) is 0 Å². The fourth-order valence-electron chi connectivity index (χ4n) is 2.89. The first kappa shape index (κ1) is 19.4. The zero-order chi connectivity index (χ0) is 16.2. The van der Waals surface area contributed by atoms with Gasteiger partial charge in [0, 0.05) is 69.8 Å². The second-order valence-corrected chi connectivity index (χ2v) is 8.99. The van der Waals surface area contributed by atoms with E-state index in [4.69, 9.17) is 0 Å². The summed E-state index contributed by atoms with van der Waals surface area (Å²) in [6, 6.07) is 0. The Bertz CT molecular complexity index is 315. The van der Waals surface area contributed by atoms with Gasteiger partial charge < -0.3 is 20.9 Å². The van der Waals surface area contributed by atoms with E-state index in [0.717, 1.165) is 64.0 Å². The summed E-state index contributed by atoms with van der Waals surface area (Å²) >= 11 is 0. The van der Waals surface area contributed by atoms with Gasteiger partial charge in [-0.2, -0.15) is 0 Å². The Balaban J connectivity index is 1.62. The largest absolute Gasteiger partial charge is 0.340 e. The van der Waals surface area contributed by atoms with E-state index in [1.54, 1.807) is 0 Å². The monoisotopic (exact) mass is 360 g/mol. The number of nitrogens with zero attached hydrogens (tertiary/aromatic N) is 1. The highest BCUT2D eigenvalue weighted by atomic mass is 33.1. The zero-order valence-electron chi connectivity index (χ0n) is 14.1. The third-order valence-electron chi connectivity index (χ3n) is 4.32. The molecule has 2 saturated heterocycles. The van der Waals surface area contributed by atoms with E-state index in [2.05, 4.69) is 16.0 Å². The highest BCUT2D eigenvalue weighted by Crippen LogP contribution is 2.39. The topological polar surface area (TPSA) is 56.4 Å². The van der Waals surface area contributed by atoms with Crippen LogP contribution in [-0.4, -0.2) is 74.2 Å². The number of carbonyl (C=O) groups is 1. The van der Waals surface area contributed by atoms with Gasteiger partial charge in [-0.1, -0.05) is 28.0 Å². The van der Waals surface area contributed by atoms with Gasteiger partial charge in [-0.25, -0.2) is 0 Å². The van der Waals surface area contributed by atoms with E-state index in [0.29, 0.717) is 12.3 Å². The molecule has 0 aromatic carbocycles. The Hall–Kier alpha value is 0.0500. The molecule has 0 unspecified atom stereocenters. The highest BCUT2D eigenvalue weighted by molar-refractivity contribution is 8.77. The molecule has 0 radical (unpaired) electrons. The molecule has 23 heavy (non-hydrogen) atoms. The van der Waals surface area contributed by atoms with Crippen LogP contribution in [0.2, 0.25) is 0 Å². The smallest absolute Gasteiger partial charge is 0.222 e. The molecule has 2 heterocycles. The molecular formula is C16H32N4OS2. The third-order valence-corrected chi connectivity index (χ3v) is 7.33. The van der Waals surface area contributed by atoms with Gasteiger partial charge in [0.05, 0.1) is 0 Å². The Morgan fingerprint density at radius 3 is 2.22 bits per heavy atom. The molecule has 0 aliphatic carbocycles. The molecule has 5 nitrogen and oxygen atoms in total. The van der Waals surface area contributed by atoms with E-state index >= 15 is 0 Å². The third kappa shape index (κ3) is 8.63. The van der Waals surface area contributed by atoms with Crippen LogP contribution >= 0.6 is 21.6 Å². The number of nitrogens with one attached hydrogen (secondary N) is 3. The lowest BCUT2D eigenvalue weighted by atomic mass is 10.1. The lowest BCUT2D eigenvalue weighted by Crippen LogP contribution is -2.44. The molecule has 3 N–H and O–H groups in total. The summed E-state index contributed by atoms with van der Waals surface area (Å²) in [5, 5.41) is 11.0. The van der Waals surface area contributed by atoms with Crippen molar-refractivity contribution in [1.82, 2.24) is 20.9 Å². The highest BCUT2D eigenvalue weighted by Gasteiger charge is 2.17. The molecule has 2 rings (SSSR count). The number of unbranched alkanes of at least 4 members (excludes halogenated alkanes) is 1. The van der Waals surface area contributed by atoms with Crippen molar-refractivity contribution < 1.29 is 4.79 Å². The van der Waals surface area contributed by atoms with Gasteiger partial charge in [-0.15, -0.1) is 0 Å². The summed E-state index contributed by atoms with van der Waals surface area (Å²) in [6.45, 7) is 7.37. The van der Waals surface area contributed by atoms with Crippen molar-refractivity contribution in [2.75, 3.05) is 58.1 Å². The predicted octanol–water partition coefficient (Wildman–Crippen LogP) is 1.31. The maximum absolute atomic E-state index is 12.5. The first-order chi connectivity index (χ1) is 11.4. The van der Waals surface area contributed by atoms with Crippen molar-refractivity contribution >= 4 is 27.5 Å². The number of hydrogen-bond acceptors (Lipinski definition) is 6. The van der Waals surface area contributed by atoms with Crippen LogP contribution < -0.4 is 16.0 Å². The minimum Gasteiger partial charge on any atom is -0.340 e. The Kier molecular flexibility index (Phi) is 10.5. The number of rotatable bonds is 5. The summed E-state index contributed by atoms with van der Waals surface area (Å²) in [5.74, 6) is 1.63. The maximum Gasteiger partial charge on any atom is 0.222 e. The van der Waals surface area contributed by atoms with Crippen LogP contribution in [0.3, 0.4) is 0 Å². The Labute approximate surface area is 148 Å². The molecule has 2 aliphatic heterocycles. The van der Waals surface area contributed by atoms with Crippen LogP contribution in [0, 0.1) is 0 Å². The van der Waals surface area contributed by atoms with Gasteiger partial charge in [-0.3, -0.25) is 4.79 Å². The molecule has 0 saturated carbocycles. The molecule has 2 aliphatic rings. The molecule has 0 aromatic heterocycles. The Morgan fingerprint density at radius 1 is 0.957 bits per heavy atom. The van der Waals surface area contributed by atoms with Gasteiger partial charge >= 0.3 is 0 Å². The summed E-state index contributed by atoms with van der Waals surface area (Å²) in [6.07, 6.45) is 5.58. The van der Waals surface area contributed by atoms with Gasteiger partial charge in [-0.05, 0) is 19.3 Å². The molecule has 2 fully saturated rings. The molecule has 1 atom stereocenters. The van der Waals surface area contributed by atoms with Crippen molar-refractivity contribution in [3.8, 4) is 0 Å². The minimum atomic E-state index is 0.331. The molecule has 7 heteroatoms. The Morgan fingerprint density at radius 2 is 1.61 bits per heavy atom. The van der Waals surface area contributed by atoms with Crippen molar-refractivity contribution in [3.63, 3.8) is 0 Å². The van der Waals surface area contributed by atoms with Crippen molar-refractivity contribution in [3.05, 3.63) is 0 Å². The number of hydrogen-bond donors (Lipinski definition) is 3. The molecule has 0 aromatic rings. The van der Waals surface area contributed by atoms with E-state index in [9.17, 15) is 4.79 Å². The molecule has 134 valence electrons. The van der Waals surface area contributed by atoms with Crippen LogP contribution in [0.1, 0.15) is 32.1 Å². The van der Waals surface area contributed by atoms with E-state index in [1.165, 1.54) is 25.0 Å². The van der Waals surface area contributed by atoms with Crippen molar-refractivity contribution in [2.24, 2.45) is 0 Å². The molecule has 0 spiro atoms. The van der Waals surface area contributed by atoms with Gasteiger partial charge in [0.25, 0.3) is 0 Å². The van der Waals surface area contributed by atoms with E-state index in [-0.39, 0.29) is 0 Å². The number of amides is 1. The van der Waals surface area contributed by atoms with E-state index in [1.807, 2.05) is 26.5 Å². The lowest BCUT2D eigenvalue weighted by molar-refractivity contribution is -0.131. The lowest BCUT2D eigenvalue weighted by Gasteiger charge is -2.24. The zero-order valence-corrected chi connectivity index (χ0v) is 15.8. The van der Waals surface area contributed by atoms with Gasteiger partial charge in [0.1, 0.15) is 0 Å². The quantitative estimate of drug-likeness (QED) is 0.508. The number of carbonyl (C=O) groups excluding carboxylic acids is 1. The average Bonchev–Trinajstić information content (AvgIpc) is 3.05. The van der Waals surface area contributed by atoms with Crippen molar-refractivity contribution in [2.45, 2.75) is 37.4 Å². The normalized spacial score (nSPS) is 24.9. The fraction of sp³-hybridized carbons (Fsp3) is 0.938.